The van der Waals surface area contributed by atoms with Crippen LogP contribution < -0.4 is 0 Å². The van der Waals surface area contributed by atoms with Crippen molar-refractivity contribution in [1.29, 1.82) is 0 Å². The molecule has 1 aliphatic heterocycles. The molecular weight excluding hydrogens is 206 g/mol. The summed E-state index contributed by atoms with van der Waals surface area (Å²) in [5, 5.41) is 0. The molecule has 1 fully saturated rings. The Morgan fingerprint density at radius 1 is 1.24 bits per heavy atom. The van der Waals surface area contributed by atoms with Crippen LogP contribution in [-0.2, 0) is 0 Å². The van der Waals surface area contributed by atoms with Gasteiger partial charge in [-0.25, -0.2) is 0 Å². The van der Waals surface area contributed by atoms with Gasteiger partial charge in [-0.05, 0) is 44.1 Å². The monoisotopic (exact) mass is 225 g/mol. The van der Waals surface area contributed by atoms with Gasteiger partial charge in [0.15, 0.2) is 0 Å². The van der Waals surface area contributed by atoms with Gasteiger partial charge in [-0.2, -0.15) is 0 Å². The lowest BCUT2D eigenvalue weighted by Gasteiger charge is -2.14. The third kappa shape index (κ3) is 2.49. The van der Waals surface area contributed by atoms with Crippen molar-refractivity contribution in [3.8, 4) is 0 Å². The summed E-state index contributed by atoms with van der Waals surface area (Å²) in [5.74, 6) is 0.835. The van der Waals surface area contributed by atoms with Crippen LogP contribution in [0.4, 0.5) is 0 Å². The van der Waals surface area contributed by atoms with Crippen LogP contribution in [0.5, 0.6) is 0 Å². The van der Waals surface area contributed by atoms with Gasteiger partial charge in [-0.15, -0.1) is 0 Å². The summed E-state index contributed by atoms with van der Waals surface area (Å²) in [6, 6.07) is 10.5. The van der Waals surface area contributed by atoms with E-state index in [0.717, 1.165) is 5.92 Å². The van der Waals surface area contributed by atoms with Crippen molar-refractivity contribution in [3.63, 3.8) is 0 Å². The highest BCUT2D eigenvalue weighted by molar-refractivity contribution is 5.91. The largest absolute Gasteiger partial charge is 0.283 e. The third-order valence-corrected chi connectivity index (χ3v) is 3.77. The summed E-state index contributed by atoms with van der Waals surface area (Å²) in [7, 11) is 0. The van der Waals surface area contributed by atoms with Gasteiger partial charge in [0.1, 0.15) is 0 Å². The molecule has 1 heterocycles. The highest BCUT2D eigenvalue weighted by Crippen LogP contribution is 2.39. The maximum Gasteiger partial charge on any atom is 0.0765 e. The number of hydrogen-bond donors (Lipinski definition) is 0. The third-order valence-electron chi connectivity index (χ3n) is 3.77. The van der Waals surface area contributed by atoms with E-state index < -0.39 is 0 Å². The van der Waals surface area contributed by atoms with Gasteiger partial charge in [0.2, 0.25) is 0 Å². The lowest BCUT2D eigenvalue weighted by atomic mass is 9.97. The smallest absolute Gasteiger partial charge is 0.0765 e. The zero-order valence-electron chi connectivity index (χ0n) is 10.4. The van der Waals surface area contributed by atoms with Crippen LogP contribution in [0.25, 0.3) is 6.08 Å². The van der Waals surface area contributed by atoms with Crippen LogP contribution in [0.3, 0.4) is 0 Å². The molecular formula is C16H19N. The molecule has 0 N–H and O–H groups in total. The second-order valence-electron chi connectivity index (χ2n) is 5.48. The Bertz CT molecular complexity index is 454. The highest BCUT2D eigenvalue weighted by Gasteiger charge is 2.35. The van der Waals surface area contributed by atoms with Crippen LogP contribution in [-0.4, -0.2) is 11.3 Å². The minimum Gasteiger partial charge on any atom is -0.283 e. The Balaban J connectivity index is 1.74. The van der Waals surface area contributed by atoms with Crippen molar-refractivity contribution in [2.24, 2.45) is 10.9 Å². The second kappa shape index (κ2) is 4.14. The lowest BCUT2D eigenvalue weighted by molar-refractivity contribution is 0.589. The molecule has 0 radical (unpaired) electrons. The van der Waals surface area contributed by atoms with Crippen molar-refractivity contribution in [1.82, 2.24) is 0 Å². The summed E-state index contributed by atoms with van der Waals surface area (Å²) in [5.41, 5.74) is 2.79. The molecule has 0 bridgehead atoms. The molecule has 17 heavy (non-hydrogen) atoms. The summed E-state index contributed by atoms with van der Waals surface area (Å²) < 4.78 is 0. The van der Waals surface area contributed by atoms with Crippen LogP contribution in [0.15, 0.2) is 41.4 Å². The van der Waals surface area contributed by atoms with E-state index in [1.165, 1.54) is 37.0 Å². The molecule has 1 aliphatic carbocycles. The number of hydrogen-bond acceptors (Lipinski definition) is 1. The number of aliphatic imine (C=N–C) groups is 1. The minimum atomic E-state index is 0.0494. The molecule has 0 unspecified atom stereocenters. The zero-order chi connectivity index (χ0) is 11.7. The molecule has 1 aromatic rings. The molecule has 88 valence electrons. The van der Waals surface area contributed by atoms with Gasteiger partial charge in [0.05, 0.1) is 5.54 Å². The quantitative estimate of drug-likeness (QED) is 0.734. The topological polar surface area (TPSA) is 12.4 Å². The first kappa shape index (κ1) is 10.8. The first-order chi connectivity index (χ1) is 8.25. The van der Waals surface area contributed by atoms with Gasteiger partial charge in [0, 0.05) is 5.71 Å². The van der Waals surface area contributed by atoms with E-state index in [2.05, 4.69) is 49.4 Å². The van der Waals surface area contributed by atoms with E-state index in [9.17, 15) is 0 Å². The normalized spacial score (nSPS) is 28.6. The minimum absolute atomic E-state index is 0.0494. The van der Waals surface area contributed by atoms with E-state index in [4.69, 9.17) is 4.99 Å². The fraction of sp³-hybridized carbons (Fsp3) is 0.438. The first-order valence-electron chi connectivity index (χ1n) is 6.58. The van der Waals surface area contributed by atoms with Crippen LogP contribution in [0.1, 0.15) is 38.2 Å². The average molecular weight is 225 g/mol. The van der Waals surface area contributed by atoms with Crippen molar-refractivity contribution in [2.75, 3.05) is 0 Å². The molecule has 2 aliphatic rings. The molecule has 0 saturated heterocycles. The molecule has 1 atom stereocenters. The van der Waals surface area contributed by atoms with E-state index in [1.54, 1.807) is 0 Å². The van der Waals surface area contributed by atoms with Crippen molar-refractivity contribution in [2.45, 2.75) is 38.1 Å². The zero-order valence-corrected chi connectivity index (χ0v) is 10.4. The summed E-state index contributed by atoms with van der Waals surface area (Å²) in [6.45, 7) is 2.25. The van der Waals surface area contributed by atoms with Gasteiger partial charge in [0.25, 0.3) is 0 Å². The Kier molecular flexibility index (Phi) is 2.62. The molecule has 0 spiro atoms. The Hall–Kier alpha value is -1.37. The first-order valence-corrected chi connectivity index (χ1v) is 6.58. The van der Waals surface area contributed by atoms with Crippen LogP contribution in [0.2, 0.25) is 0 Å². The highest BCUT2D eigenvalue weighted by atomic mass is 14.9. The summed E-state index contributed by atoms with van der Waals surface area (Å²) in [4.78, 5) is 4.93. The van der Waals surface area contributed by atoms with Gasteiger partial charge in [-0.3, -0.25) is 4.99 Å². The van der Waals surface area contributed by atoms with E-state index >= 15 is 0 Å². The van der Waals surface area contributed by atoms with Gasteiger partial charge < -0.3 is 0 Å². The molecule has 1 aromatic carbocycles. The standard InChI is InChI=1S/C16H19N/c1-16(11-9-13-5-3-2-4-6-13)12-10-15(17-16)14-7-8-14/h2-6,9,11,14H,7-8,10,12H2,1H3/b11-9+/t16-/m0/s1. The van der Waals surface area contributed by atoms with Crippen LogP contribution in [0, 0.1) is 5.92 Å². The molecule has 0 aromatic heterocycles. The average Bonchev–Trinajstić information content (AvgIpc) is 3.13. The second-order valence-corrected chi connectivity index (χ2v) is 5.48. The molecule has 1 saturated carbocycles. The summed E-state index contributed by atoms with van der Waals surface area (Å²) in [6.07, 6.45) is 9.62. The van der Waals surface area contributed by atoms with Gasteiger partial charge >= 0.3 is 0 Å². The molecule has 0 amide bonds. The van der Waals surface area contributed by atoms with Gasteiger partial charge in [-0.1, -0.05) is 42.5 Å². The molecule has 1 heteroatoms. The van der Waals surface area contributed by atoms with E-state index in [0.29, 0.717) is 0 Å². The molecule has 1 nitrogen and oxygen atoms in total. The van der Waals surface area contributed by atoms with E-state index in [-0.39, 0.29) is 5.54 Å². The maximum absolute atomic E-state index is 4.93. The molecule has 3 rings (SSSR count). The summed E-state index contributed by atoms with van der Waals surface area (Å²) >= 11 is 0. The van der Waals surface area contributed by atoms with Crippen LogP contribution >= 0.6 is 0 Å². The van der Waals surface area contributed by atoms with Crippen molar-refractivity contribution in [3.05, 3.63) is 42.0 Å². The Morgan fingerprint density at radius 2 is 2.00 bits per heavy atom. The predicted octanol–water partition coefficient (Wildman–Crippen LogP) is 4.10. The lowest BCUT2D eigenvalue weighted by Crippen LogP contribution is -2.13. The van der Waals surface area contributed by atoms with E-state index in [1.807, 2.05) is 0 Å². The fourth-order valence-corrected chi connectivity index (χ4v) is 2.49. The fourth-order valence-electron chi connectivity index (χ4n) is 2.49. The van der Waals surface area contributed by atoms with Crippen molar-refractivity contribution >= 4 is 11.8 Å². The number of benzene rings is 1. The number of rotatable bonds is 3. The Morgan fingerprint density at radius 3 is 2.71 bits per heavy atom. The predicted molar refractivity (Wildman–Crippen MR) is 73.3 cm³/mol. The number of nitrogens with zero attached hydrogens (tertiary/aromatic N) is 1. The SMILES string of the molecule is C[C@]1(/C=C/c2ccccc2)CCC(C2CC2)=N1. The van der Waals surface area contributed by atoms with Crippen molar-refractivity contribution < 1.29 is 0 Å². The maximum atomic E-state index is 4.93. The Labute approximate surface area is 103 Å².